The number of nitrogens with zero attached hydrogens (tertiary/aromatic N) is 2. The largest absolute Gasteiger partial charge is 0.496 e. The topological polar surface area (TPSA) is 66.5 Å². The van der Waals surface area contributed by atoms with Crippen molar-refractivity contribution in [3.05, 3.63) is 65.3 Å². The molecular formula is C28H33ClN4O2. The molecule has 2 aliphatic rings. The Kier molecular flexibility index (Phi) is 7.40. The maximum absolute atomic E-state index is 13.2. The third-order valence-corrected chi connectivity index (χ3v) is 7.64. The second-order valence-electron chi connectivity index (χ2n) is 9.62. The van der Waals surface area contributed by atoms with E-state index in [9.17, 15) is 4.79 Å². The quantitative estimate of drug-likeness (QED) is 0.455. The highest BCUT2D eigenvalue weighted by molar-refractivity contribution is 6.31. The molecule has 0 bridgehead atoms. The normalized spacial score (nSPS) is 22.3. The molecule has 1 saturated heterocycles. The zero-order valence-corrected chi connectivity index (χ0v) is 20.9. The van der Waals surface area contributed by atoms with Crippen molar-refractivity contribution in [1.82, 2.24) is 15.2 Å². The molecule has 2 fully saturated rings. The molecule has 2 heterocycles. The Balaban J connectivity index is 1.13. The summed E-state index contributed by atoms with van der Waals surface area (Å²) in [6.45, 7) is 1.66. The smallest absolute Gasteiger partial charge is 0.257 e. The molecular weight excluding hydrogens is 460 g/mol. The molecule has 2 aromatic carbocycles. The Morgan fingerprint density at radius 3 is 2.71 bits per heavy atom. The predicted octanol–water partition coefficient (Wildman–Crippen LogP) is 5.51. The molecule has 1 saturated carbocycles. The van der Waals surface area contributed by atoms with Crippen LogP contribution >= 0.6 is 11.6 Å². The van der Waals surface area contributed by atoms with Gasteiger partial charge in [-0.25, -0.2) is 0 Å². The number of carbonyl (C=O) groups is 1. The Morgan fingerprint density at radius 1 is 1.09 bits per heavy atom. The van der Waals surface area contributed by atoms with Crippen molar-refractivity contribution in [2.45, 2.75) is 56.7 Å². The van der Waals surface area contributed by atoms with Crippen LogP contribution < -0.4 is 15.4 Å². The molecule has 0 spiro atoms. The van der Waals surface area contributed by atoms with Crippen LogP contribution in [0.2, 0.25) is 5.02 Å². The number of pyridine rings is 1. The number of benzene rings is 2. The first-order chi connectivity index (χ1) is 17.1. The molecule has 0 radical (unpaired) electrons. The van der Waals surface area contributed by atoms with E-state index in [-0.39, 0.29) is 11.9 Å². The van der Waals surface area contributed by atoms with Gasteiger partial charge in [-0.15, -0.1) is 0 Å². The third kappa shape index (κ3) is 5.39. The Bertz CT molecular complexity index is 1180. The molecule has 3 aromatic rings. The van der Waals surface area contributed by atoms with Gasteiger partial charge in [0.2, 0.25) is 0 Å². The fourth-order valence-electron chi connectivity index (χ4n) is 5.50. The maximum Gasteiger partial charge on any atom is 0.257 e. The van der Waals surface area contributed by atoms with E-state index in [1.54, 1.807) is 7.11 Å². The van der Waals surface area contributed by atoms with E-state index < -0.39 is 0 Å². The van der Waals surface area contributed by atoms with Crippen molar-refractivity contribution in [2.75, 3.05) is 25.5 Å². The number of fused-ring (bicyclic) bond motifs is 1. The molecule has 1 amide bonds. The summed E-state index contributed by atoms with van der Waals surface area (Å²) in [6.07, 6.45) is 8.42. The summed E-state index contributed by atoms with van der Waals surface area (Å²) < 4.78 is 5.42. The van der Waals surface area contributed by atoms with Gasteiger partial charge in [0.05, 0.1) is 18.2 Å². The Labute approximate surface area is 212 Å². The minimum atomic E-state index is 0.0746. The molecule has 6 nitrogen and oxygen atoms in total. The number of hydrogen-bond donors (Lipinski definition) is 2. The lowest BCUT2D eigenvalue weighted by atomic mass is 9.90. The average molecular weight is 493 g/mol. The van der Waals surface area contributed by atoms with E-state index in [2.05, 4.69) is 15.6 Å². The average Bonchev–Trinajstić information content (AvgIpc) is 3.36. The molecule has 5 rings (SSSR count). The van der Waals surface area contributed by atoms with Gasteiger partial charge in [-0.3, -0.25) is 9.78 Å². The van der Waals surface area contributed by atoms with Crippen molar-refractivity contribution >= 4 is 34.1 Å². The summed E-state index contributed by atoms with van der Waals surface area (Å²) in [5.74, 6) is 0.720. The summed E-state index contributed by atoms with van der Waals surface area (Å²) in [5.41, 5.74) is 2.69. The second-order valence-corrected chi connectivity index (χ2v) is 10.1. The fraction of sp³-hybridized carbons (Fsp3) is 0.429. The van der Waals surface area contributed by atoms with Crippen LogP contribution in [0.1, 0.15) is 48.9 Å². The summed E-state index contributed by atoms with van der Waals surface area (Å²) in [6, 6.07) is 16.6. The first-order valence-electron chi connectivity index (χ1n) is 12.6. The number of anilines is 1. The van der Waals surface area contributed by atoms with Crippen LogP contribution in [-0.2, 0) is 0 Å². The number of aromatic nitrogens is 1. The van der Waals surface area contributed by atoms with Crippen molar-refractivity contribution in [2.24, 2.45) is 0 Å². The number of halogens is 1. The van der Waals surface area contributed by atoms with Gasteiger partial charge in [0.1, 0.15) is 5.75 Å². The fourth-order valence-corrected chi connectivity index (χ4v) is 5.67. The predicted molar refractivity (Wildman–Crippen MR) is 141 cm³/mol. The number of ether oxygens (including phenoxy) is 1. The number of para-hydroxylation sites is 1. The van der Waals surface area contributed by atoms with Crippen LogP contribution in [0, 0.1) is 0 Å². The number of hydrogen-bond acceptors (Lipinski definition) is 5. The van der Waals surface area contributed by atoms with Crippen LogP contribution in [0.4, 0.5) is 5.69 Å². The van der Waals surface area contributed by atoms with Gasteiger partial charge in [-0.1, -0.05) is 23.7 Å². The zero-order chi connectivity index (χ0) is 24.2. The summed E-state index contributed by atoms with van der Waals surface area (Å²) in [4.78, 5) is 19.7. The van der Waals surface area contributed by atoms with Crippen LogP contribution in [0.3, 0.4) is 0 Å². The van der Waals surface area contributed by atoms with Crippen molar-refractivity contribution in [1.29, 1.82) is 0 Å². The Hall–Kier alpha value is -2.83. The molecule has 1 aliphatic carbocycles. The highest BCUT2D eigenvalue weighted by Gasteiger charge is 2.31. The minimum Gasteiger partial charge on any atom is -0.496 e. The first-order valence-corrected chi connectivity index (χ1v) is 13.0. The second kappa shape index (κ2) is 10.8. The lowest BCUT2D eigenvalue weighted by Gasteiger charge is -2.32. The van der Waals surface area contributed by atoms with Crippen LogP contribution in [0.5, 0.6) is 5.75 Å². The van der Waals surface area contributed by atoms with Crippen molar-refractivity contribution in [3.8, 4) is 5.75 Å². The maximum atomic E-state index is 13.2. The van der Waals surface area contributed by atoms with Crippen molar-refractivity contribution in [3.63, 3.8) is 0 Å². The van der Waals surface area contributed by atoms with Gasteiger partial charge < -0.3 is 20.3 Å². The van der Waals surface area contributed by atoms with E-state index >= 15 is 0 Å². The Morgan fingerprint density at radius 2 is 1.89 bits per heavy atom. The minimum absolute atomic E-state index is 0.0746. The SMILES string of the molecule is COc1ccccc1C(=O)N1CCC[C@H]1CNC1CCC(Nc2ccnc3cc(Cl)ccc23)CC1. The lowest BCUT2D eigenvalue weighted by Crippen LogP contribution is -2.46. The molecule has 1 atom stereocenters. The molecule has 1 aromatic heterocycles. The van der Waals surface area contributed by atoms with E-state index in [4.69, 9.17) is 16.3 Å². The van der Waals surface area contributed by atoms with Gasteiger partial charge >= 0.3 is 0 Å². The number of rotatable bonds is 7. The zero-order valence-electron chi connectivity index (χ0n) is 20.2. The summed E-state index contributed by atoms with van der Waals surface area (Å²) in [7, 11) is 1.62. The van der Waals surface area contributed by atoms with E-state index in [0.717, 1.165) is 68.2 Å². The van der Waals surface area contributed by atoms with Gasteiger partial charge in [-0.2, -0.15) is 0 Å². The van der Waals surface area contributed by atoms with Crippen LogP contribution in [0.15, 0.2) is 54.7 Å². The summed E-state index contributed by atoms with van der Waals surface area (Å²) >= 11 is 6.13. The molecule has 7 heteroatoms. The molecule has 35 heavy (non-hydrogen) atoms. The monoisotopic (exact) mass is 492 g/mol. The number of nitrogens with one attached hydrogen (secondary N) is 2. The number of likely N-dealkylation sites (tertiary alicyclic amines) is 1. The number of carbonyl (C=O) groups excluding carboxylic acids is 1. The third-order valence-electron chi connectivity index (χ3n) is 7.41. The number of amides is 1. The lowest BCUT2D eigenvalue weighted by molar-refractivity contribution is 0.0729. The van der Waals surface area contributed by atoms with Crippen LogP contribution in [0.25, 0.3) is 10.9 Å². The molecule has 184 valence electrons. The van der Waals surface area contributed by atoms with Gasteiger partial charge in [-0.05, 0) is 74.9 Å². The van der Waals surface area contributed by atoms with Crippen molar-refractivity contribution < 1.29 is 9.53 Å². The van der Waals surface area contributed by atoms with E-state index in [1.165, 1.54) is 0 Å². The van der Waals surface area contributed by atoms with Gasteiger partial charge in [0, 0.05) is 53.5 Å². The first kappa shape index (κ1) is 23.9. The molecule has 0 unspecified atom stereocenters. The number of methoxy groups -OCH3 is 1. The van der Waals surface area contributed by atoms with Crippen LogP contribution in [-0.4, -0.2) is 54.1 Å². The van der Waals surface area contributed by atoms with Gasteiger partial charge in [0.25, 0.3) is 5.91 Å². The standard InChI is InChI=1S/C28H33ClN4O2/c1-35-27-7-3-2-6-24(27)28(34)33-16-4-5-22(33)18-31-20-9-11-21(12-10-20)32-25-14-15-30-26-17-19(29)8-13-23(25)26/h2-3,6-8,13-15,17,20-22,31H,4-5,9-12,16,18H2,1H3,(H,30,32)/t20?,21?,22-/m0/s1. The van der Waals surface area contributed by atoms with Gasteiger partial charge in [0.15, 0.2) is 0 Å². The van der Waals surface area contributed by atoms with E-state index in [1.807, 2.05) is 59.6 Å². The highest BCUT2D eigenvalue weighted by atomic mass is 35.5. The summed E-state index contributed by atoms with van der Waals surface area (Å²) in [5, 5.41) is 9.32. The molecule has 1 aliphatic heterocycles. The highest BCUT2D eigenvalue weighted by Crippen LogP contribution is 2.29. The van der Waals surface area contributed by atoms with E-state index in [0.29, 0.717) is 28.4 Å². The molecule has 2 N–H and O–H groups in total.